The topological polar surface area (TPSA) is 63.6 Å². The first kappa shape index (κ1) is 13.2. The maximum atomic E-state index is 10.7. The Morgan fingerprint density at radius 2 is 2.09 bits per heavy atom. The number of aliphatic hydroxyl groups is 1. The van der Waals surface area contributed by atoms with E-state index in [9.17, 15) is 5.11 Å². The Bertz CT molecular complexity index is 923. The van der Waals surface area contributed by atoms with Crippen molar-refractivity contribution in [1.29, 1.82) is 0 Å². The third kappa shape index (κ3) is 2.04. The molecular weight excluding hydrogens is 298 g/mol. The molecule has 0 radical (unpaired) electrons. The second kappa shape index (κ2) is 5.08. The van der Waals surface area contributed by atoms with Gasteiger partial charge in [-0.3, -0.25) is 4.40 Å². The van der Waals surface area contributed by atoms with E-state index in [0.717, 1.165) is 21.0 Å². The van der Waals surface area contributed by atoms with Crippen molar-refractivity contribution in [2.75, 3.05) is 0 Å². The largest absolute Gasteiger partial charge is 0.379 e. The van der Waals surface area contributed by atoms with Crippen LogP contribution in [0.25, 0.3) is 16.1 Å². The van der Waals surface area contributed by atoms with Crippen molar-refractivity contribution >= 4 is 16.2 Å². The van der Waals surface area contributed by atoms with E-state index in [4.69, 9.17) is 4.52 Å². The van der Waals surface area contributed by atoms with Crippen LogP contribution in [0.3, 0.4) is 0 Å². The molecule has 0 bridgehead atoms. The van der Waals surface area contributed by atoms with Crippen LogP contribution in [0.1, 0.15) is 22.4 Å². The van der Waals surface area contributed by atoms with Gasteiger partial charge in [0.2, 0.25) is 0 Å². The van der Waals surface area contributed by atoms with Crippen LogP contribution in [0.5, 0.6) is 0 Å². The molecular formula is C16H13N3O2S. The van der Waals surface area contributed by atoms with Gasteiger partial charge in [-0.2, -0.15) is 0 Å². The molecule has 0 saturated heterocycles. The lowest BCUT2D eigenvalue weighted by molar-refractivity contribution is 0.171. The number of nitrogens with zero attached hydrogens (tertiary/aromatic N) is 3. The third-order valence-electron chi connectivity index (χ3n) is 3.61. The fourth-order valence-corrected chi connectivity index (χ4v) is 3.53. The Labute approximate surface area is 130 Å². The van der Waals surface area contributed by atoms with Crippen molar-refractivity contribution in [3.8, 4) is 11.3 Å². The van der Waals surface area contributed by atoms with Crippen LogP contribution < -0.4 is 0 Å². The molecule has 1 atom stereocenters. The lowest BCUT2D eigenvalue weighted by Crippen LogP contribution is -2.03. The molecule has 3 aromatic heterocycles. The summed E-state index contributed by atoms with van der Waals surface area (Å²) in [6, 6.07) is 11.5. The first-order chi connectivity index (χ1) is 10.7. The highest BCUT2D eigenvalue weighted by Crippen LogP contribution is 2.32. The van der Waals surface area contributed by atoms with Gasteiger partial charge in [-0.15, -0.1) is 11.3 Å². The summed E-state index contributed by atoms with van der Waals surface area (Å²) < 4.78 is 7.24. The van der Waals surface area contributed by atoms with Crippen molar-refractivity contribution < 1.29 is 9.63 Å². The Balaban J connectivity index is 1.75. The summed E-state index contributed by atoms with van der Waals surface area (Å²) >= 11 is 1.59. The molecule has 6 heteroatoms. The fourth-order valence-electron chi connectivity index (χ4n) is 2.54. The van der Waals surface area contributed by atoms with E-state index in [0.29, 0.717) is 11.5 Å². The lowest BCUT2D eigenvalue weighted by Gasteiger charge is -2.07. The summed E-state index contributed by atoms with van der Waals surface area (Å²) in [7, 11) is 0. The smallest absolute Gasteiger partial charge is 0.171 e. The summed E-state index contributed by atoms with van der Waals surface area (Å²) in [6.45, 7) is 1.98. The van der Waals surface area contributed by atoms with Crippen molar-refractivity contribution in [3.63, 3.8) is 0 Å². The number of hydrogen-bond donors (Lipinski definition) is 1. The molecule has 4 aromatic rings. The number of fused-ring (bicyclic) bond motifs is 1. The number of aliphatic hydroxyl groups excluding tert-OH is 1. The Morgan fingerprint density at radius 1 is 1.27 bits per heavy atom. The minimum atomic E-state index is -0.868. The highest BCUT2D eigenvalue weighted by atomic mass is 32.1. The maximum absolute atomic E-state index is 10.7. The molecule has 0 aliphatic rings. The zero-order chi connectivity index (χ0) is 15.1. The zero-order valence-corrected chi connectivity index (χ0v) is 12.6. The highest BCUT2D eigenvalue weighted by Gasteiger charge is 2.23. The van der Waals surface area contributed by atoms with Crippen LogP contribution in [0.4, 0.5) is 0 Å². The molecule has 0 aliphatic carbocycles. The van der Waals surface area contributed by atoms with Crippen LogP contribution in [0.15, 0.2) is 53.4 Å². The van der Waals surface area contributed by atoms with Gasteiger partial charge in [0, 0.05) is 16.5 Å². The standard InChI is InChI=1S/C16H13N3O2S/c1-10-15(19-9-17-8-14(19)22-10)16(20)13-7-12(18-21-13)11-5-3-2-4-6-11/h2-9,16,20H,1H3. The Morgan fingerprint density at radius 3 is 2.91 bits per heavy atom. The molecule has 0 aliphatic heterocycles. The summed E-state index contributed by atoms with van der Waals surface area (Å²) in [4.78, 5) is 6.13. The quantitative estimate of drug-likeness (QED) is 0.629. The summed E-state index contributed by atoms with van der Waals surface area (Å²) in [6.07, 6.45) is 2.61. The number of hydrogen-bond acceptors (Lipinski definition) is 5. The van der Waals surface area contributed by atoms with Crippen LogP contribution in [0, 0.1) is 6.92 Å². The third-order valence-corrected chi connectivity index (χ3v) is 4.64. The molecule has 4 rings (SSSR count). The molecule has 5 nitrogen and oxygen atoms in total. The second-order valence-electron chi connectivity index (χ2n) is 5.03. The lowest BCUT2D eigenvalue weighted by atomic mass is 10.1. The van der Waals surface area contributed by atoms with E-state index in [1.807, 2.05) is 41.7 Å². The molecule has 0 spiro atoms. The number of rotatable bonds is 3. The minimum Gasteiger partial charge on any atom is -0.379 e. The normalized spacial score (nSPS) is 12.8. The summed E-state index contributed by atoms with van der Waals surface area (Å²) in [5.41, 5.74) is 2.44. The molecule has 0 saturated carbocycles. The van der Waals surface area contributed by atoms with E-state index < -0.39 is 6.10 Å². The van der Waals surface area contributed by atoms with Gasteiger partial charge in [0.05, 0.1) is 11.9 Å². The number of thiazole rings is 1. The number of aryl methyl sites for hydroxylation is 1. The molecule has 0 amide bonds. The number of aromatic nitrogens is 3. The maximum Gasteiger partial charge on any atom is 0.171 e. The van der Waals surface area contributed by atoms with Gasteiger partial charge in [-0.1, -0.05) is 35.5 Å². The summed E-state index contributed by atoms with van der Waals surface area (Å²) in [5.74, 6) is 0.426. The average molecular weight is 311 g/mol. The highest BCUT2D eigenvalue weighted by molar-refractivity contribution is 7.17. The number of imidazole rings is 1. The van der Waals surface area contributed by atoms with E-state index >= 15 is 0 Å². The van der Waals surface area contributed by atoms with Gasteiger partial charge >= 0.3 is 0 Å². The van der Waals surface area contributed by atoms with E-state index in [1.165, 1.54) is 0 Å². The SMILES string of the molecule is Cc1sc2cncn2c1C(O)c1cc(-c2ccccc2)no1. The van der Waals surface area contributed by atoms with Crippen molar-refractivity contribution in [2.24, 2.45) is 0 Å². The molecule has 3 heterocycles. The predicted octanol–water partition coefficient (Wildman–Crippen LogP) is 3.44. The first-order valence-corrected chi connectivity index (χ1v) is 7.67. The van der Waals surface area contributed by atoms with Gasteiger partial charge in [-0.05, 0) is 6.92 Å². The summed E-state index contributed by atoms with van der Waals surface area (Å²) in [5, 5.41) is 14.7. The Hall–Kier alpha value is -2.44. The van der Waals surface area contributed by atoms with Gasteiger partial charge in [0.15, 0.2) is 11.9 Å². The molecule has 1 N–H and O–H groups in total. The van der Waals surface area contributed by atoms with E-state index in [-0.39, 0.29) is 0 Å². The minimum absolute atomic E-state index is 0.426. The predicted molar refractivity (Wildman–Crippen MR) is 83.8 cm³/mol. The van der Waals surface area contributed by atoms with E-state index in [2.05, 4.69) is 10.1 Å². The molecule has 22 heavy (non-hydrogen) atoms. The van der Waals surface area contributed by atoms with Crippen molar-refractivity contribution in [2.45, 2.75) is 13.0 Å². The molecule has 1 unspecified atom stereocenters. The fraction of sp³-hybridized carbons (Fsp3) is 0.125. The van der Waals surface area contributed by atoms with Crippen LogP contribution in [-0.2, 0) is 0 Å². The number of benzene rings is 1. The van der Waals surface area contributed by atoms with Gasteiger partial charge in [-0.25, -0.2) is 4.98 Å². The monoisotopic (exact) mass is 311 g/mol. The first-order valence-electron chi connectivity index (χ1n) is 6.85. The van der Waals surface area contributed by atoms with Gasteiger partial charge in [0.25, 0.3) is 0 Å². The van der Waals surface area contributed by atoms with Crippen molar-refractivity contribution in [3.05, 3.63) is 65.3 Å². The molecule has 1 aromatic carbocycles. The average Bonchev–Trinajstić information content (AvgIpc) is 3.22. The van der Waals surface area contributed by atoms with Crippen LogP contribution in [-0.4, -0.2) is 19.6 Å². The van der Waals surface area contributed by atoms with Crippen LogP contribution in [0.2, 0.25) is 0 Å². The van der Waals surface area contributed by atoms with Crippen LogP contribution >= 0.6 is 11.3 Å². The van der Waals surface area contributed by atoms with Crippen molar-refractivity contribution in [1.82, 2.24) is 14.5 Å². The zero-order valence-electron chi connectivity index (χ0n) is 11.8. The van der Waals surface area contributed by atoms with E-state index in [1.54, 1.807) is 29.9 Å². The molecule has 0 fully saturated rings. The second-order valence-corrected chi connectivity index (χ2v) is 6.26. The van der Waals surface area contributed by atoms with Gasteiger partial charge < -0.3 is 9.63 Å². The Kier molecular flexibility index (Phi) is 3.06. The molecule has 110 valence electrons. The van der Waals surface area contributed by atoms with Gasteiger partial charge in [0.1, 0.15) is 16.9 Å².